The van der Waals surface area contributed by atoms with E-state index in [1.54, 1.807) is 23.2 Å². The molecule has 3 aromatic heterocycles. The number of fused-ring (bicyclic) bond motifs is 5. The van der Waals surface area contributed by atoms with Gasteiger partial charge in [0.1, 0.15) is 11.6 Å². The number of benzene rings is 2. The molecule has 0 radical (unpaired) electrons. The van der Waals surface area contributed by atoms with Crippen LogP contribution in [-0.2, 0) is 4.79 Å². The first kappa shape index (κ1) is 29.3. The number of rotatable bonds is 4. The number of aromatic nitrogens is 3. The Morgan fingerprint density at radius 3 is 2.64 bits per heavy atom. The number of hydrogen-bond donors (Lipinski definition) is 1. The average molecular weight is 618 g/mol. The lowest BCUT2D eigenvalue weighted by molar-refractivity contribution is -0.126. The zero-order valence-corrected chi connectivity index (χ0v) is 25.3. The maximum absolute atomic E-state index is 15.4. The van der Waals surface area contributed by atoms with E-state index in [4.69, 9.17) is 16.0 Å². The Kier molecular flexibility index (Phi) is 7.16. The van der Waals surface area contributed by atoms with Crippen molar-refractivity contribution in [2.24, 2.45) is 0 Å². The molecule has 1 amide bonds. The molecule has 0 unspecified atom stereocenters. The van der Waals surface area contributed by atoms with E-state index in [9.17, 15) is 19.5 Å². The van der Waals surface area contributed by atoms with Crippen LogP contribution in [0.1, 0.15) is 37.9 Å². The average Bonchev–Trinajstić information content (AvgIpc) is 2.98. The molecular formula is C32H29ClFN5O5. The van der Waals surface area contributed by atoms with Crippen molar-refractivity contribution in [3.8, 4) is 11.4 Å². The number of amides is 1. The highest BCUT2D eigenvalue weighted by Gasteiger charge is 2.31. The van der Waals surface area contributed by atoms with Crippen LogP contribution in [0.25, 0.3) is 38.3 Å². The van der Waals surface area contributed by atoms with Gasteiger partial charge in [0.25, 0.3) is 0 Å². The first-order valence-corrected chi connectivity index (χ1v) is 14.5. The molecule has 12 heteroatoms. The van der Waals surface area contributed by atoms with E-state index in [0.717, 1.165) is 12.1 Å². The summed E-state index contributed by atoms with van der Waals surface area (Å²) in [7, 11) is 0. The molecule has 6 rings (SSSR count). The van der Waals surface area contributed by atoms with Crippen LogP contribution in [0.5, 0.6) is 5.75 Å². The van der Waals surface area contributed by atoms with Crippen LogP contribution in [0.2, 0.25) is 5.02 Å². The van der Waals surface area contributed by atoms with Crippen molar-refractivity contribution in [1.29, 1.82) is 0 Å². The van der Waals surface area contributed by atoms with Gasteiger partial charge in [-0.2, -0.15) is 4.98 Å². The number of pyridine rings is 1. The summed E-state index contributed by atoms with van der Waals surface area (Å²) in [5, 5.41) is 10.5. The first-order valence-electron chi connectivity index (χ1n) is 14.1. The highest BCUT2D eigenvalue weighted by Crippen LogP contribution is 2.41. The molecule has 0 saturated carbocycles. The molecule has 1 fully saturated rings. The smallest absolute Gasteiger partial charge is 0.354 e. The number of anilines is 1. The van der Waals surface area contributed by atoms with Gasteiger partial charge in [-0.15, -0.1) is 0 Å². The van der Waals surface area contributed by atoms with Gasteiger partial charge in [-0.05, 0) is 55.7 Å². The molecule has 0 bridgehead atoms. The minimum absolute atomic E-state index is 0.00302. The second-order valence-electron chi connectivity index (χ2n) is 11.3. The van der Waals surface area contributed by atoms with Gasteiger partial charge in [-0.25, -0.2) is 14.0 Å². The molecule has 1 atom stereocenters. The SMILES string of the molecule is C=CC(=O)N1CCN(c2nc(=O)n(-c3c(C)ccnc3C(C)C)c3c2cc(Cl)c2c4c(F)ccc(O)c4oc(=O)c23)[C@@H](C)C1. The van der Waals surface area contributed by atoms with Crippen LogP contribution < -0.4 is 16.2 Å². The monoisotopic (exact) mass is 617 g/mol. The van der Waals surface area contributed by atoms with Crippen molar-refractivity contribution in [3.05, 3.63) is 86.1 Å². The lowest BCUT2D eigenvalue weighted by Crippen LogP contribution is -2.54. The van der Waals surface area contributed by atoms with Gasteiger partial charge in [0.05, 0.1) is 32.7 Å². The molecule has 1 aliphatic heterocycles. The first-order chi connectivity index (χ1) is 20.9. The van der Waals surface area contributed by atoms with Crippen molar-refractivity contribution in [2.75, 3.05) is 24.5 Å². The highest BCUT2D eigenvalue weighted by molar-refractivity contribution is 6.40. The molecular weight excluding hydrogens is 589 g/mol. The number of piperazine rings is 1. The van der Waals surface area contributed by atoms with Gasteiger partial charge in [-0.1, -0.05) is 32.0 Å². The van der Waals surface area contributed by atoms with E-state index in [1.165, 1.54) is 10.6 Å². The zero-order chi connectivity index (χ0) is 31.6. The van der Waals surface area contributed by atoms with Gasteiger partial charge >= 0.3 is 11.3 Å². The Bertz CT molecular complexity index is 2160. The number of aromatic hydroxyl groups is 1. The number of halogens is 2. The van der Waals surface area contributed by atoms with E-state index >= 15 is 4.39 Å². The summed E-state index contributed by atoms with van der Waals surface area (Å²) in [4.78, 5) is 53.0. The van der Waals surface area contributed by atoms with Gasteiger partial charge < -0.3 is 19.3 Å². The number of carbonyl (C=O) groups is 1. The third-order valence-electron chi connectivity index (χ3n) is 8.15. The molecule has 1 saturated heterocycles. The predicted molar refractivity (Wildman–Crippen MR) is 168 cm³/mol. The maximum Gasteiger partial charge on any atom is 0.354 e. The molecule has 4 heterocycles. The van der Waals surface area contributed by atoms with E-state index in [2.05, 4.69) is 16.5 Å². The number of hydrogen-bond acceptors (Lipinski definition) is 8. The summed E-state index contributed by atoms with van der Waals surface area (Å²) < 4.78 is 22.3. The van der Waals surface area contributed by atoms with Gasteiger partial charge in [0, 0.05) is 42.6 Å². The minimum atomic E-state index is -0.923. The summed E-state index contributed by atoms with van der Waals surface area (Å²) in [5.41, 5.74) is -0.134. The molecule has 0 spiro atoms. The number of carbonyl (C=O) groups excluding carboxylic acids is 1. The van der Waals surface area contributed by atoms with Crippen molar-refractivity contribution in [2.45, 2.75) is 39.7 Å². The fraction of sp³-hybridized carbons (Fsp3) is 0.281. The Hall–Kier alpha value is -4.77. The van der Waals surface area contributed by atoms with E-state index in [-0.39, 0.29) is 56.0 Å². The topological polar surface area (TPSA) is 122 Å². The number of phenolic OH excluding ortho intramolecular Hbond substituents is 1. The minimum Gasteiger partial charge on any atom is -0.504 e. The third-order valence-corrected chi connectivity index (χ3v) is 8.45. The number of nitrogens with zero attached hydrogens (tertiary/aromatic N) is 5. The van der Waals surface area contributed by atoms with Gasteiger partial charge in [0.2, 0.25) is 5.91 Å². The molecule has 0 aliphatic carbocycles. The van der Waals surface area contributed by atoms with Crippen LogP contribution in [-0.4, -0.2) is 56.1 Å². The number of aryl methyl sites for hydroxylation is 1. The second kappa shape index (κ2) is 10.7. The molecule has 1 N–H and O–H groups in total. The van der Waals surface area contributed by atoms with Crippen molar-refractivity contribution in [3.63, 3.8) is 0 Å². The van der Waals surface area contributed by atoms with Crippen LogP contribution >= 0.6 is 11.6 Å². The summed E-state index contributed by atoms with van der Waals surface area (Å²) in [6.07, 6.45) is 2.90. The summed E-state index contributed by atoms with van der Waals surface area (Å²) in [6, 6.07) is 5.16. The quantitative estimate of drug-likeness (QED) is 0.166. The van der Waals surface area contributed by atoms with Crippen LogP contribution in [0.4, 0.5) is 10.2 Å². The maximum atomic E-state index is 15.4. The fourth-order valence-electron chi connectivity index (χ4n) is 6.12. The van der Waals surface area contributed by atoms with Crippen molar-refractivity contribution < 1.29 is 18.7 Å². The molecule has 2 aromatic carbocycles. The highest BCUT2D eigenvalue weighted by atomic mass is 35.5. The van der Waals surface area contributed by atoms with E-state index in [1.807, 2.05) is 32.6 Å². The van der Waals surface area contributed by atoms with Crippen LogP contribution in [0, 0.1) is 12.7 Å². The number of phenols is 1. The predicted octanol–water partition coefficient (Wildman–Crippen LogP) is 5.19. The van der Waals surface area contributed by atoms with Crippen molar-refractivity contribution in [1.82, 2.24) is 19.4 Å². The van der Waals surface area contributed by atoms with Crippen molar-refractivity contribution >= 4 is 56.0 Å². The molecule has 44 heavy (non-hydrogen) atoms. The van der Waals surface area contributed by atoms with Crippen LogP contribution in [0.15, 0.2) is 57.1 Å². The van der Waals surface area contributed by atoms with E-state index in [0.29, 0.717) is 42.0 Å². The lowest BCUT2D eigenvalue weighted by Gasteiger charge is -2.40. The van der Waals surface area contributed by atoms with Crippen LogP contribution in [0.3, 0.4) is 0 Å². The van der Waals surface area contributed by atoms with E-state index < -0.39 is 22.9 Å². The molecule has 1 aliphatic rings. The lowest BCUT2D eigenvalue weighted by atomic mass is 10.0. The van der Waals surface area contributed by atoms with Gasteiger partial charge in [-0.3, -0.25) is 14.3 Å². The summed E-state index contributed by atoms with van der Waals surface area (Å²) in [5.74, 6) is -1.27. The Labute approximate surface area is 255 Å². The molecule has 5 aromatic rings. The molecule has 10 nitrogen and oxygen atoms in total. The van der Waals surface area contributed by atoms with Gasteiger partial charge in [0.15, 0.2) is 11.3 Å². The Morgan fingerprint density at radius 2 is 1.95 bits per heavy atom. The Balaban J connectivity index is 1.81. The summed E-state index contributed by atoms with van der Waals surface area (Å²) in [6.45, 7) is 12.2. The largest absolute Gasteiger partial charge is 0.504 e. The second-order valence-corrected chi connectivity index (χ2v) is 11.7. The Morgan fingerprint density at radius 1 is 1.20 bits per heavy atom. The third kappa shape index (κ3) is 4.41. The standard InChI is InChI=1S/C32H29ClFN5O5/c1-6-22(41)37-11-12-38(17(5)14-37)30-18-13-19(33)23-24-20(34)7-8-21(40)29(24)44-31(42)25(23)28(18)39(32(43)36-30)27-16(4)9-10-35-26(27)15(2)3/h6-10,13,15,17,40H,1,11-12,14H2,2-5H3/t17-/m0/s1. The zero-order valence-electron chi connectivity index (χ0n) is 24.5. The normalized spacial score (nSPS) is 15.6. The summed E-state index contributed by atoms with van der Waals surface area (Å²) >= 11 is 6.85. The molecule has 226 valence electrons. The fourth-order valence-corrected chi connectivity index (χ4v) is 6.42.